The van der Waals surface area contributed by atoms with Gasteiger partial charge in [0.15, 0.2) is 5.78 Å². The summed E-state index contributed by atoms with van der Waals surface area (Å²) in [6.07, 6.45) is 13.4. The van der Waals surface area contributed by atoms with Crippen LogP contribution in [0.2, 0.25) is 0 Å². The summed E-state index contributed by atoms with van der Waals surface area (Å²) >= 11 is 0. The molecule has 2 aromatic heterocycles. The van der Waals surface area contributed by atoms with Gasteiger partial charge in [0.2, 0.25) is 0 Å². The second-order valence-electron chi connectivity index (χ2n) is 13.8. The third-order valence-electron chi connectivity index (χ3n) is 9.58. The van der Waals surface area contributed by atoms with E-state index in [2.05, 4.69) is 76.2 Å². The van der Waals surface area contributed by atoms with Gasteiger partial charge in [-0.2, -0.15) is 0 Å². The molecule has 2 aliphatic rings. The molecule has 0 atom stereocenters. The third-order valence-corrected chi connectivity index (χ3v) is 9.58. The van der Waals surface area contributed by atoms with Crippen LogP contribution in [0.1, 0.15) is 96.1 Å². The number of hydrogen-bond donors (Lipinski definition) is 1. The van der Waals surface area contributed by atoms with Crippen LogP contribution in [-0.2, 0) is 31.3 Å². The largest absolute Gasteiger partial charge is 0.512 e. The van der Waals surface area contributed by atoms with Crippen molar-refractivity contribution in [2.24, 2.45) is 17.8 Å². The van der Waals surface area contributed by atoms with Crippen molar-refractivity contribution in [1.82, 2.24) is 4.98 Å². The van der Waals surface area contributed by atoms with Crippen molar-refractivity contribution in [3.8, 4) is 11.3 Å². The zero-order valence-electron chi connectivity index (χ0n) is 27.6. The molecule has 2 aliphatic carbocycles. The van der Waals surface area contributed by atoms with Crippen LogP contribution in [0, 0.1) is 23.8 Å². The predicted octanol–water partition coefficient (Wildman–Crippen LogP) is 11.3. The first-order valence-electron chi connectivity index (χ1n) is 17.0. The average Bonchev–Trinajstić information content (AvgIpc) is 3.82. The Morgan fingerprint density at radius 2 is 1.61 bits per heavy atom. The van der Waals surface area contributed by atoms with Crippen LogP contribution < -0.4 is 0 Å². The van der Waals surface area contributed by atoms with E-state index in [-0.39, 0.29) is 37.7 Å². The van der Waals surface area contributed by atoms with Crippen molar-refractivity contribution in [3.05, 3.63) is 89.8 Å². The molecule has 2 fully saturated rings. The van der Waals surface area contributed by atoms with Gasteiger partial charge < -0.3 is 14.5 Å². The maximum Gasteiger partial charge on any atom is 0.162 e. The Hall–Kier alpha value is -3.27. The Bertz CT molecular complexity index is 1840. The molecule has 7 rings (SSSR count). The summed E-state index contributed by atoms with van der Waals surface area (Å²) < 4.78 is 6.33. The molecule has 2 heterocycles. The van der Waals surface area contributed by atoms with Crippen molar-refractivity contribution < 1.29 is 34.4 Å². The van der Waals surface area contributed by atoms with Gasteiger partial charge in [-0.3, -0.25) is 4.79 Å². The van der Waals surface area contributed by atoms with Crippen molar-refractivity contribution >= 4 is 38.5 Å². The number of aliphatic hydroxyl groups excluding tert-OH is 1. The third kappa shape index (κ3) is 7.48. The monoisotopic (exact) mass is 793 g/mol. The van der Waals surface area contributed by atoms with E-state index >= 15 is 0 Å². The fourth-order valence-corrected chi connectivity index (χ4v) is 7.10. The van der Waals surface area contributed by atoms with Crippen LogP contribution in [-0.4, -0.2) is 15.9 Å². The van der Waals surface area contributed by atoms with E-state index in [4.69, 9.17) is 9.40 Å². The maximum absolute atomic E-state index is 11.8. The summed E-state index contributed by atoms with van der Waals surface area (Å²) in [5, 5.41) is 14.5. The van der Waals surface area contributed by atoms with Crippen molar-refractivity contribution in [2.75, 3.05) is 0 Å². The van der Waals surface area contributed by atoms with E-state index in [0.29, 0.717) is 17.6 Å². The first-order chi connectivity index (χ1) is 21.8. The maximum atomic E-state index is 11.8. The number of fused-ring (bicyclic) bond motifs is 4. The van der Waals surface area contributed by atoms with Gasteiger partial charge in [-0.1, -0.05) is 101 Å². The molecule has 0 aliphatic heterocycles. The molecule has 0 unspecified atom stereocenters. The molecular weight excluding hydrogens is 747 g/mol. The van der Waals surface area contributed by atoms with Gasteiger partial charge in [0, 0.05) is 49.6 Å². The Kier molecular flexibility index (Phi) is 11.2. The van der Waals surface area contributed by atoms with Crippen molar-refractivity contribution in [1.29, 1.82) is 0 Å². The van der Waals surface area contributed by atoms with Gasteiger partial charge in [-0.15, -0.1) is 17.7 Å². The molecule has 243 valence electrons. The van der Waals surface area contributed by atoms with Gasteiger partial charge in [-0.25, -0.2) is 0 Å². The van der Waals surface area contributed by atoms with Crippen LogP contribution >= 0.6 is 0 Å². The molecular formula is C41H46IrNO3-. The number of hydrogen-bond acceptors (Lipinski definition) is 4. The van der Waals surface area contributed by atoms with E-state index in [9.17, 15) is 9.90 Å². The van der Waals surface area contributed by atoms with Gasteiger partial charge in [0.05, 0.1) is 11.3 Å². The summed E-state index contributed by atoms with van der Waals surface area (Å²) in [6, 6.07) is 22.9. The number of para-hydroxylation sites is 1. The Labute approximate surface area is 287 Å². The standard InChI is InChI=1S/C28H26NO.C13H20O2.Ir/c1-17(2)13-19-9-10-22-20(14-19)11-12-29-27(22)25-16-21(18(3)4)15-24-23-7-5-6-8-26(23)30-28(24)25;14-12(10-5-1-2-6-10)9-13(15)11-7-3-4-8-11;/h5-12,14-15,17-18H,13H2,1-4H3;9-11,14H,1-8H2;/q-1;;/b;12-9-;. The molecule has 0 amide bonds. The van der Waals surface area contributed by atoms with Crippen LogP contribution in [0.15, 0.2) is 77.0 Å². The molecule has 0 bridgehead atoms. The summed E-state index contributed by atoms with van der Waals surface area (Å²) in [5.41, 5.74) is 6.21. The number of rotatable bonds is 7. The first kappa shape index (κ1) is 34.1. The molecule has 0 saturated heterocycles. The summed E-state index contributed by atoms with van der Waals surface area (Å²) in [4.78, 5) is 16.6. The summed E-state index contributed by atoms with van der Waals surface area (Å²) in [5.74, 6) is 2.00. The van der Waals surface area contributed by atoms with Crippen molar-refractivity contribution in [3.63, 3.8) is 0 Å². The van der Waals surface area contributed by atoms with Crippen LogP contribution in [0.4, 0.5) is 0 Å². The molecule has 46 heavy (non-hydrogen) atoms. The molecule has 5 heteroatoms. The van der Waals surface area contributed by atoms with Gasteiger partial charge in [0.1, 0.15) is 5.58 Å². The second-order valence-corrected chi connectivity index (χ2v) is 13.8. The smallest absolute Gasteiger partial charge is 0.162 e. The van der Waals surface area contributed by atoms with E-state index in [1.165, 1.54) is 48.3 Å². The Morgan fingerprint density at radius 1 is 0.913 bits per heavy atom. The fraction of sp³-hybridized carbons (Fsp3) is 0.415. The number of carbonyl (C=O) groups is 1. The average molecular weight is 793 g/mol. The van der Waals surface area contributed by atoms with E-state index < -0.39 is 0 Å². The summed E-state index contributed by atoms with van der Waals surface area (Å²) in [7, 11) is 0. The number of furan rings is 1. The number of benzene rings is 3. The van der Waals surface area contributed by atoms with E-state index in [1.807, 2.05) is 18.3 Å². The Morgan fingerprint density at radius 3 is 2.30 bits per heavy atom. The molecule has 5 aromatic rings. The molecule has 1 radical (unpaired) electrons. The molecule has 2 saturated carbocycles. The fourth-order valence-electron chi connectivity index (χ4n) is 7.10. The van der Waals surface area contributed by atoms with Crippen LogP contribution in [0.3, 0.4) is 0 Å². The van der Waals surface area contributed by atoms with Gasteiger partial charge in [-0.05, 0) is 78.1 Å². The number of aliphatic hydroxyl groups is 1. The topological polar surface area (TPSA) is 63.3 Å². The Balaban J connectivity index is 0.000000220. The SMILES string of the molecule is CC(C)Cc1ccc2c(-c3[c-]c(C(C)C)cc4c3oc3ccccc34)nccc2c1.O=C(/C=C(\O)C1CCCC1)C1CCCC1.[Ir]. The number of aromatic nitrogens is 1. The second kappa shape index (κ2) is 15.1. The first-order valence-corrected chi connectivity index (χ1v) is 17.0. The molecule has 0 spiro atoms. The van der Waals surface area contributed by atoms with Gasteiger partial charge in [0.25, 0.3) is 0 Å². The number of allylic oxidation sites excluding steroid dienone is 2. The van der Waals surface area contributed by atoms with Crippen LogP contribution in [0.5, 0.6) is 0 Å². The van der Waals surface area contributed by atoms with Crippen LogP contribution in [0.25, 0.3) is 44.0 Å². The molecule has 3 aromatic carbocycles. The minimum absolute atomic E-state index is 0. The van der Waals surface area contributed by atoms with E-state index in [1.54, 1.807) is 0 Å². The number of ketones is 1. The quantitative estimate of drug-likeness (QED) is 0.101. The predicted molar refractivity (Wildman–Crippen MR) is 186 cm³/mol. The number of pyridine rings is 1. The minimum Gasteiger partial charge on any atom is -0.512 e. The zero-order chi connectivity index (χ0) is 31.5. The molecule has 1 N–H and O–H groups in total. The zero-order valence-corrected chi connectivity index (χ0v) is 30.0. The van der Waals surface area contributed by atoms with E-state index in [0.717, 1.165) is 70.7 Å². The number of carbonyl (C=O) groups excluding carboxylic acids is 1. The van der Waals surface area contributed by atoms with Gasteiger partial charge >= 0.3 is 0 Å². The number of nitrogens with zero attached hydrogens (tertiary/aromatic N) is 1. The normalized spacial score (nSPS) is 16.0. The van der Waals surface area contributed by atoms with Crippen molar-refractivity contribution in [2.45, 2.75) is 91.4 Å². The molecule has 4 nitrogen and oxygen atoms in total. The minimum atomic E-state index is 0. The summed E-state index contributed by atoms with van der Waals surface area (Å²) in [6.45, 7) is 8.93.